The minimum absolute atomic E-state index is 0. The van der Waals surface area contributed by atoms with Gasteiger partial charge in [-0.05, 0) is 89.2 Å². The molecule has 0 spiro atoms. The Hall–Kier alpha value is -0.850. The molecule has 1 unspecified atom stereocenters. The van der Waals surface area contributed by atoms with Crippen LogP contribution in [0.2, 0.25) is 0 Å². The number of hydrogen-bond acceptors (Lipinski definition) is 4. The van der Waals surface area contributed by atoms with E-state index in [1.54, 1.807) is 0 Å². The van der Waals surface area contributed by atoms with E-state index in [1.807, 2.05) is 0 Å². The molecule has 1 atom stereocenters. The highest BCUT2D eigenvalue weighted by Gasteiger charge is 2.31. The molecule has 0 saturated carbocycles. The molecule has 3 fully saturated rings. The molecular weight excluding hydrogens is 443 g/mol. The quantitative estimate of drug-likeness (QED) is 0.622. The van der Waals surface area contributed by atoms with E-state index >= 15 is 0 Å². The van der Waals surface area contributed by atoms with Crippen molar-refractivity contribution in [2.75, 3.05) is 52.4 Å². The molecule has 2 N–H and O–H groups in total. The van der Waals surface area contributed by atoms with Crippen LogP contribution in [-0.2, 0) is 11.2 Å². The first-order chi connectivity index (χ1) is 14.8. The number of carbonyl (C=O) groups is 1. The average Bonchev–Trinajstić information content (AvgIpc) is 2.83. The van der Waals surface area contributed by atoms with Crippen molar-refractivity contribution in [1.29, 1.82) is 0 Å². The summed E-state index contributed by atoms with van der Waals surface area (Å²) in [7, 11) is 0. The van der Waals surface area contributed by atoms with Gasteiger partial charge in [0.1, 0.15) is 0 Å². The summed E-state index contributed by atoms with van der Waals surface area (Å²) in [4.78, 5) is 18.0. The Morgan fingerprint density at radius 2 is 1.69 bits per heavy atom. The third-order valence-corrected chi connectivity index (χ3v) is 7.48. The number of amides is 1. The van der Waals surface area contributed by atoms with Crippen LogP contribution in [0.25, 0.3) is 0 Å². The fourth-order valence-corrected chi connectivity index (χ4v) is 5.47. The van der Waals surface area contributed by atoms with Crippen molar-refractivity contribution in [3.63, 3.8) is 0 Å². The second kappa shape index (κ2) is 14.4. The summed E-state index contributed by atoms with van der Waals surface area (Å²) in [5.41, 5.74) is 1.44. The molecule has 1 amide bonds. The van der Waals surface area contributed by atoms with Crippen LogP contribution < -0.4 is 10.6 Å². The number of nitrogens with zero attached hydrogens (tertiary/aromatic N) is 2. The standard InChI is InChI=1S/C25H40N4O.2ClH/c30-25(27-19-22-8-13-26-14-9-22)23-7-4-15-29(20-23)24-11-17-28(18-12-24)16-10-21-5-2-1-3-6-21;;/h1-3,5-6,22-24,26H,4,7-20H2,(H,27,30);2*1H. The highest BCUT2D eigenvalue weighted by Crippen LogP contribution is 2.24. The van der Waals surface area contributed by atoms with Crippen LogP contribution in [0.1, 0.15) is 44.1 Å². The molecule has 3 heterocycles. The van der Waals surface area contributed by atoms with Crippen molar-refractivity contribution >= 4 is 30.7 Å². The van der Waals surface area contributed by atoms with Gasteiger partial charge in [-0.25, -0.2) is 0 Å². The number of nitrogens with one attached hydrogen (secondary N) is 2. The summed E-state index contributed by atoms with van der Waals surface area (Å²) < 4.78 is 0. The maximum absolute atomic E-state index is 12.8. The van der Waals surface area contributed by atoms with Gasteiger partial charge in [0.2, 0.25) is 5.91 Å². The van der Waals surface area contributed by atoms with Gasteiger partial charge >= 0.3 is 0 Å². The smallest absolute Gasteiger partial charge is 0.224 e. The number of hydrogen-bond donors (Lipinski definition) is 2. The number of piperidine rings is 3. The van der Waals surface area contributed by atoms with Gasteiger partial charge in [0.15, 0.2) is 0 Å². The van der Waals surface area contributed by atoms with Crippen molar-refractivity contribution in [3.05, 3.63) is 35.9 Å². The minimum Gasteiger partial charge on any atom is -0.356 e. The molecule has 32 heavy (non-hydrogen) atoms. The zero-order chi connectivity index (χ0) is 20.6. The van der Waals surface area contributed by atoms with Gasteiger partial charge in [-0.2, -0.15) is 0 Å². The van der Waals surface area contributed by atoms with Crippen LogP contribution in [0.15, 0.2) is 30.3 Å². The first-order valence-corrected chi connectivity index (χ1v) is 12.3. The molecule has 0 aliphatic carbocycles. The van der Waals surface area contributed by atoms with E-state index in [0.29, 0.717) is 17.9 Å². The molecule has 0 bridgehead atoms. The lowest BCUT2D eigenvalue weighted by Crippen LogP contribution is -2.51. The van der Waals surface area contributed by atoms with Crippen molar-refractivity contribution in [3.8, 4) is 0 Å². The molecule has 5 nitrogen and oxygen atoms in total. The molecule has 1 aromatic carbocycles. The predicted octanol–water partition coefficient (Wildman–Crippen LogP) is 3.36. The van der Waals surface area contributed by atoms with E-state index in [-0.39, 0.29) is 30.7 Å². The Morgan fingerprint density at radius 1 is 0.969 bits per heavy atom. The van der Waals surface area contributed by atoms with Gasteiger partial charge in [-0.1, -0.05) is 30.3 Å². The average molecular weight is 486 g/mol. The molecule has 0 aromatic heterocycles. The van der Waals surface area contributed by atoms with Crippen LogP contribution in [0.4, 0.5) is 0 Å². The number of benzene rings is 1. The van der Waals surface area contributed by atoms with Crippen molar-refractivity contribution in [2.45, 2.75) is 51.0 Å². The fraction of sp³-hybridized carbons (Fsp3) is 0.720. The summed E-state index contributed by atoms with van der Waals surface area (Å²) in [5, 5.41) is 6.69. The van der Waals surface area contributed by atoms with E-state index in [9.17, 15) is 4.79 Å². The molecule has 3 aliphatic heterocycles. The predicted molar refractivity (Wildman–Crippen MR) is 137 cm³/mol. The van der Waals surface area contributed by atoms with E-state index in [1.165, 1.54) is 63.8 Å². The van der Waals surface area contributed by atoms with Gasteiger partial charge in [0, 0.05) is 25.7 Å². The highest BCUT2D eigenvalue weighted by atomic mass is 35.5. The van der Waals surface area contributed by atoms with Crippen molar-refractivity contribution < 1.29 is 4.79 Å². The lowest BCUT2D eigenvalue weighted by atomic mass is 9.92. The van der Waals surface area contributed by atoms with Crippen LogP contribution in [0.3, 0.4) is 0 Å². The summed E-state index contributed by atoms with van der Waals surface area (Å²) in [6.45, 7) is 8.76. The maximum atomic E-state index is 12.8. The fourth-order valence-electron chi connectivity index (χ4n) is 5.47. The molecule has 4 rings (SSSR count). The third kappa shape index (κ3) is 8.18. The second-order valence-electron chi connectivity index (χ2n) is 9.58. The number of likely N-dealkylation sites (tertiary alicyclic amines) is 2. The molecule has 182 valence electrons. The minimum atomic E-state index is 0. The summed E-state index contributed by atoms with van der Waals surface area (Å²) in [5.74, 6) is 1.16. The zero-order valence-electron chi connectivity index (χ0n) is 19.3. The summed E-state index contributed by atoms with van der Waals surface area (Å²) >= 11 is 0. The van der Waals surface area contributed by atoms with E-state index in [2.05, 4.69) is 50.8 Å². The van der Waals surface area contributed by atoms with Gasteiger partial charge < -0.3 is 15.5 Å². The monoisotopic (exact) mass is 484 g/mol. The molecular formula is C25H42Cl2N4O. The van der Waals surface area contributed by atoms with Gasteiger partial charge in [0.25, 0.3) is 0 Å². The summed E-state index contributed by atoms with van der Waals surface area (Å²) in [6, 6.07) is 11.5. The van der Waals surface area contributed by atoms with Crippen LogP contribution in [0, 0.1) is 11.8 Å². The van der Waals surface area contributed by atoms with Gasteiger partial charge in [0.05, 0.1) is 5.92 Å². The molecule has 7 heteroatoms. The lowest BCUT2D eigenvalue weighted by molar-refractivity contribution is -0.127. The van der Waals surface area contributed by atoms with Crippen LogP contribution in [-0.4, -0.2) is 74.1 Å². The first kappa shape index (κ1) is 27.4. The molecule has 3 aliphatic rings. The third-order valence-electron chi connectivity index (χ3n) is 7.48. The summed E-state index contributed by atoms with van der Waals surface area (Å²) in [6.07, 6.45) is 8.26. The topological polar surface area (TPSA) is 47.6 Å². The normalized spacial score (nSPS) is 23.7. The number of carbonyl (C=O) groups excluding carboxylic acids is 1. The highest BCUT2D eigenvalue weighted by molar-refractivity contribution is 5.85. The Kier molecular flexibility index (Phi) is 12.3. The van der Waals surface area contributed by atoms with E-state index in [4.69, 9.17) is 0 Å². The van der Waals surface area contributed by atoms with Crippen LogP contribution >= 0.6 is 24.8 Å². The number of halogens is 2. The van der Waals surface area contributed by atoms with Crippen molar-refractivity contribution in [1.82, 2.24) is 20.4 Å². The van der Waals surface area contributed by atoms with Gasteiger partial charge in [-0.3, -0.25) is 9.69 Å². The van der Waals surface area contributed by atoms with Crippen molar-refractivity contribution in [2.24, 2.45) is 11.8 Å². The van der Waals surface area contributed by atoms with Crippen LogP contribution in [0.5, 0.6) is 0 Å². The van der Waals surface area contributed by atoms with E-state index < -0.39 is 0 Å². The lowest BCUT2D eigenvalue weighted by Gasteiger charge is -2.42. The first-order valence-electron chi connectivity index (χ1n) is 12.3. The molecule has 1 aromatic rings. The Balaban J connectivity index is 0.00000181. The Morgan fingerprint density at radius 3 is 2.41 bits per heavy atom. The van der Waals surface area contributed by atoms with Gasteiger partial charge in [-0.15, -0.1) is 24.8 Å². The maximum Gasteiger partial charge on any atom is 0.224 e. The van der Waals surface area contributed by atoms with E-state index in [0.717, 1.165) is 39.0 Å². The largest absolute Gasteiger partial charge is 0.356 e. The molecule has 3 saturated heterocycles. The zero-order valence-corrected chi connectivity index (χ0v) is 21.0. The Labute approximate surface area is 206 Å². The Bertz CT molecular complexity index is 649. The molecule has 0 radical (unpaired) electrons. The SMILES string of the molecule is Cl.Cl.O=C(NCC1CCNCC1)C1CCCN(C2CCN(CCc3ccccc3)CC2)C1. The second-order valence-corrected chi connectivity index (χ2v) is 9.58. The number of rotatable bonds is 7.